The van der Waals surface area contributed by atoms with E-state index in [1.807, 2.05) is 0 Å². The fraction of sp³-hybridized carbons (Fsp3) is 0.538. The summed E-state index contributed by atoms with van der Waals surface area (Å²) >= 11 is 0. The van der Waals surface area contributed by atoms with E-state index >= 15 is 0 Å². The zero-order chi connectivity index (χ0) is 18.7. The van der Waals surface area contributed by atoms with Crippen molar-refractivity contribution in [2.45, 2.75) is 70.8 Å². The molecule has 0 radical (unpaired) electrons. The minimum atomic E-state index is 0. The zero-order valence-corrected chi connectivity index (χ0v) is 19.3. The molecule has 0 atom stereocenters. The Bertz CT molecular complexity index is 580. The summed E-state index contributed by atoms with van der Waals surface area (Å²) in [4.78, 5) is 2.71. The van der Waals surface area contributed by atoms with Gasteiger partial charge in [0.05, 0.1) is 6.04 Å². The average Bonchev–Trinajstić information content (AvgIpc) is 2.73. The van der Waals surface area contributed by atoms with Crippen LogP contribution in [0, 0.1) is 5.92 Å². The average molecular weight is 445 g/mol. The molecule has 154 valence electrons. The summed E-state index contributed by atoms with van der Waals surface area (Å²) in [5.41, 5.74) is 2.86. The van der Waals surface area contributed by atoms with Crippen LogP contribution in [0.25, 0.3) is 0 Å². The highest BCUT2D eigenvalue weighted by molar-refractivity contribution is 8.93. The molecule has 1 saturated heterocycles. The smallest absolute Gasteiger partial charge is 0.0601 e. The fourth-order valence-corrected chi connectivity index (χ4v) is 4.60. The Kier molecular flexibility index (Phi) is 10.9. The van der Waals surface area contributed by atoms with Crippen molar-refractivity contribution in [1.82, 2.24) is 4.90 Å². The molecule has 1 aliphatic rings. The molecule has 1 fully saturated rings. The number of hydrogen-bond acceptors (Lipinski definition) is 1. The van der Waals surface area contributed by atoms with Crippen molar-refractivity contribution in [2.24, 2.45) is 5.92 Å². The molecule has 0 saturated carbocycles. The molecule has 0 bridgehead atoms. The number of hydrogen-bond donors (Lipinski definition) is 0. The van der Waals surface area contributed by atoms with Gasteiger partial charge in [0, 0.05) is 0 Å². The molecule has 0 N–H and O–H groups in total. The van der Waals surface area contributed by atoms with Crippen LogP contribution in [0.1, 0.15) is 81.9 Å². The lowest BCUT2D eigenvalue weighted by molar-refractivity contribution is 0.145. The van der Waals surface area contributed by atoms with E-state index < -0.39 is 0 Å². The van der Waals surface area contributed by atoms with E-state index in [1.54, 1.807) is 0 Å². The number of halogens is 1. The summed E-state index contributed by atoms with van der Waals surface area (Å²) < 4.78 is 0. The predicted molar refractivity (Wildman–Crippen MR) is 127 cm³/mol. The first-order chi connectivity index (χ1) is 13.4. The molecule has 2 aromatic carbocycles. The van der Waals surface area contributed by atoms with Crippen molar-refractivity contribution < 1.29 is 0 Å². The minimum absolute atomic E-state index is 0. The van der Waals surface area contributed by atoms with Crippen LogP contribution < -0.4 is 0 Å². The second-order valence-electron chi connectivity index (χ2n) is 8.26. The third kappa shape index (κ3) is 7.04. The lowest BCUT2D eigenvalue weighted by Crippen LogP contribution is -2.37. The first kappa shape index (κ1) is 23.2. The Labute approximate surface area is 183 Å². The molecule has 0 amide bonds. The monoisotopic (exact) mass is 443 g/mol. The van der Waals surface area contributed by atoms with Gasteiger partial charge in [-0.05, 0) is 43.0 Å². The number of likely N-dealkylation sites (tertiary alicyclic amines) is 1. The van der Waals surface area contributed by atoms with Gasteiger partial charge in [-0.1, -0.05) is 113 Å². The standard InChI is InChI=1S/C26H37N.BrH/c1-2-3-4-5-6-9-14-23-19-21-27(22-20-23)26(24-15-10-7-11-16-24)25-17-12-8-13-18-25;/h7-8,10-13,15-18,23,26H,2-6,9,14,19-22H2,1H3;1H. The maximum Gasteiger partial charge on any atom is 0.0601 e. The molecule has 1 nitrogen and oxygen atoms in total. The van der Waals surface area contributed by atoms with Gasteiger partial charge in [0.25, 0.3) is 0 Å². The van der Waals surface area contributed by atoms with E-state index in [4.69, 9.17) is 0 Å². The Balaban J connectivity index is 0.00000280. The maximum absolute atomic E-state index is 2.71. The zero-order valence-electron chi connectivity index (χ0n) is 17.6. The van der Waals surface area contributed by atoms with Crippen molar-refractivity contribution in [2.75, 3.05) is 13.1 Å². The van der Waals surface area contributed by atoms with Crippen LogP contribution in [0.5, 0.6) is 0 Å². The van der Waals surface area contributed by atoms with E-state index in [1.165, 1.54) is 82.0 Å². The van der Waals surface area contributed by atoms with Crippen molar-refractivity contribution in [3.63, 3.8) is 0 Å². The van der Waals surface area contributed by atoms with Crippen molar-refractivity contribution in [3.05, 3.63) is 71.8 Å². The largest absolute Gasteiger partial charge is 0.292 e. The maximum atomic E-state index is 2.71. The van der Waals surface area contributed by atoms with Gasteiger partial charge in [-0.2, -0.15) is 0 Å². The SMILES string of the molecule is Br.CCCCCCCCC1CCN(C(c2ccccc2)c2ccccc2)CC1. The number of benzene rings is 2. The lowest BCUT2D eigenvalue weighted by atomic mass is 9.88. The summed E-state index contributed by atoms with van der Waals surface area (Å²) in [6.07, 6.45) is 12.7. The first-order valence-corrected chi connectivity index (χ1v) is 11.2. The van der Waals surface area contributed by atoms with E-state index in [0.29, 0.717) is 6.04 Å². The minimum Gasteiger partial charge on any atom is -0.292 e. The second kappa shape index (κ2) is 13.2. The van der Waals surface area contributed by atoms with Crippen LogP contribution in [0.3, 0.4) is 0 Å². The highest BCUT2D eigenvalue weighted by atomic mass is 79.9. The number of rotatable bonds is 10. The van der Waals surface area contributed by atoms with E-state index in [2.05, 4.69) is 72.5 Å². The molecule has 0 unspecified atom stereocenters. The summed E-state index contributed by atoms with van der Waals surface area (Å²) in [7, 11) is 0. The third-order valence-electron chi connectivity index (χ3n) is 6.21. The molecular formula is C26H38BrN. The summed E-state index contributed by atoms with van der Waals surface area (Å²) in [5.74, 6) is 0.944. The molecule has 0 aliphatic carbocycles. The molecule has 1 heterocycles. The number of piperidine rings is 1. The van der Waals surface area contributed by atoms with E-state index in [0.717, 1.165) is 5.92 Å². The molecule has 2 aromatic rings. The number of unbranched alkanes of at least 4 members (excludes halogenated alkanes) is 5. The van der Waals surface area contributed by atoms with Crippen molar-refractivity contribution in [1.29, 1.82) is 0 Å². The highest BCUT2D eigenvalue weighted by Crippen LogP contribution is 2.33. The highest BCUT2D eigenvalue weighted by Gasteiger charge is 2.26. The normalized spacial score (nSPS) is 15.5. The van der Waals surface area contributed by atoms with E-state index in [9.17, 15) is 0 Å². The van der Waals surface area contributed by atoms with E-state index in [-0.39, 0.29) is 17.0 Å². The molecule has 0 spiro atoms. The van der Waals surface area contributed by atoms with Crippen LogP contribution in [0.15, 0.2) is 60.7 Å². The lowest BCUT2D eigenvalue weighted by Gasteiger charge is -2.38. The molecular weight excluding hydrogens is 406 g/mol. The molecule has 1 aliphatic heterocycles. The number of nitrogens with zero attached hydrogens (tertiary/aromatic N) is 1. The van der Waals surface area contributed by atoms with Crippen molar-refractivity contribution in [3.8, 4) is 0 Å². The molecule has 3 rings (SSSR count). The summed E-state index contributed by atoms with van der Waals surface area (Å²) in [6, 6.07) is 22.5. The second-order valence-corrected chi connectivity index (χ2v) is 8.26. The van der Waals surface area contributed by atoms with Crippen LogP contribution in [0.4, 0.5) is 0 Å². The third-order valence-corrected chi connectivity index (χ3v) is 6.21. The van der Waals surface area contributed by atoms with Gasteiger partial charge >= 0.3 is 0 Å². The molecule has 0 aromatic heterocycles. The Hall–Kier alpha value is -1.12. The topological polar surface area (TPSA) is 3.24 Å². The Morgan fingerprint density at radius 1 is 0.750 bits per heavy atom. The Morgan fingerprint density at radius 3 is 1.79 bits per heavy atom. The molecule has 2 heteroatoms. The van der Waals surface area contributed by atoms with Crippen LogP contribution >= 0.6 is 17.0 Å². The predicted octanol–water partition coefficient (Wildman–Crippen LogP) is 7.82. The van der Waals surface area contributed by atoms with Crippen LogP contribution in [0.2, 0.25) is 0 Å². The Morgan fingerprint density at radius 2 is 1.25 bits per heavy atom. The van der Waals surface area contributed by atoms with Gasteiger partial charge in [-0.15, -0.1) is 17.0 Å². The van der Waals surface area contributed by atoms with Crippen molar-refractivity contribution >= 4 is 17.0 Å². The van der Waals surface area contributed by atoms with Crippen LogP contribution in [-0.4, -0.2) is 18.0 Å². The van der Waals surface area contributed by atoms with Crippen LogP contribution in [-0.2, 0) is 0 Å². The first-order valence-electron chi connectivity index (χ1n) is 11.2. The summed E-state index contributed by atoms with van der Waals surface area (Å²) in [5, 5.41) is 0. The van der Waals surface area contributed by atoms with Gasteiger partial charge in [-0.3, -0.25) is 4.90 Å². The fourth-order valence-electron chi connectivity index (χ4n) is 4.60. The quantitative estimate of drug-likeness (QED) is 0.338. The van der Waals surface area contributed by atoms with Gasteiger partial charge in [0.15, 0.2) is 0 Å². The van der Waals surface area contributed by atoms with Gasteiger partial charge in [0.1, 0.15) is 0 Å². The summed E-state index contributed by atoms with van der Waals surface area (Å²) in [6.45, 7) is 4.76. The van der Waals surface area contributed by atoms with Gasteiger partial charge in [0.2, 0.25) is 0 Å². The van der Waals surface area contributed by atoms with Gasteiger partial charge in [-0.25, -0.2) is 0 Å². The molecule has 28 heavy (non-hydrogen) atoms. The van der Waals surface area contributed by atoms with Gasteiger partial charge < -0.3 is 0 Å².